The van der Waals surface area contributed by atoms with Gasteiger partial charge in [-0.15, -0.1) is 0 Å². The molecule has 0 spiro atoms. The van der Waals surface area contributed by atoms with E-state index in [1.54, 1.807) is 0 Å². The number of nitrogens with one attached hydrogen (secondary N) is 1. The second-order valence-electron chi connectivity index (χ2n) is 10.1. The van der Waals surface area contributed by atoms with Crippen molar-refractivity contribution in [3.05, 3.63) is 75.9 Å². The number of rotatable bonds is 10. The number of benzene rings is 2. The molecule has 2 aromatic carbocycles. The summed E-state index contributed by atoms with van der Waals surface area (Å²) < 4.78 is 10.2. The third kappa shape index (κ3) is 6.38. The van der Waals surface area contributed by atoms with Crippen molar-refractivity contribution in [1.82, 2.24) is 19.9 Å². The number of hydrogen-bond acceptors (Lipinski definition) is 8. The van der Waals surface area contributed by atoms with Crippen LogP contribution in [0.2, 0.25) is 0 Å². The average molecular weight is 532 g/mol. The zero-order valence-electron chi connectivity index (χ0n) is 22.7. The summed E-state index contributed by atoms with van der Waals surface area (Å²) >= 11 is 0. The van der Waals surface area contributed by atoms with Gasteiger partial charge in [0, 0.05) is 43.0 Å². The van der Waals surface area contributed by atoms with Gasteiger partial charge in [0.25, 0.3) is 0 Å². The quantitative estimate of drug-likeness (QED) is 0.406. The maximum Gasteiger partial charge on any atom is 0.439 e. The highest BCUT2D eigenvalue weighted by Crippen LogP contribution is 2.32. The summed E-state index contributed by atoms with van der Waals surface area (Å²) in [5, 5.41) is 15.4. The molecule has 1 saturated heterocycles. The van der Waals surface area contributed by atoms with E-state index < -0.39 is 12.0 Å². The Labute approximate surface area is 228 Å². The summed E-state index contributed by atoms with van der Waals surface area (Å²) in [6.45, 7) is 9.14. The topological polar surface area (TPSA) is 107 Å². The van der Waals surface area contributed by atoms with Gasteiger partial charge in [-0.3, -0.25) is 14.4 Å². The number of aliphatic imine (C=N–C) groups is 1. The SMILES string of the molecule is CCCCC1=C(Cc2ccc(-c3ccccc3-c3noc(=O)[nH]3)cc2)C(O)N(CCN2CCOCC2)C(C)=N1. The Morgan fingerprint density at radius 1 is 1.05 bits per heavy atom. The van der Waals surface area contributed by atoms with Gasteiger partial charge in [0.05, 0.1) is 13.2 Å². The van der Waals surface area contributed by atoms with Gasteiger partial charge < -0.3 is 14.7 Å². The molecule has 39 heavy (non-hydrogen) atoms. The molecule has 0 saturated carbocycles. The third-order valence-corrected chi connectivity index (χ3v) is 7.50. The molecule has 0 radical (unpaired) electrons. The number of ether oxygens (including phenoxy) is 1. The summed E-state index contributed by atoms with van der Waals surface area (Å²) in [4.78, 5) is 23.5. The van der Waals surface area contributed by atoms with Gasteiger partial charge in [0.1, 0.15) is 5.84 Å². The normalized spacial score (nSPS) is 18.5. The van der Waals surface area contributed by atoms with Gasteiger partial charge in [-0.05, 0) is 42.9 Å². The first kappa shape index (κ1) is 27.1. The number of aromatic nitrogens is 2. The molecule has 1 atom stereocenters. The lowest BCUT2D eigenvalue weighted by molar-refractivity contribution is 0.0247. The van der Waals surface area contributed by atoms with E-state index in [0.717, 1.165) is 98.0 Å². The predicted octanol–water partition coefficient (Wildman–Crippen LogP) is 4.07. The number of nitrogens with zero attached hydrogens (tertiary/aromatic N) is 4. The first-order chi connectivity index (χ1) is 19.0. The van der Waals surface area contributed by atoms with Crippen molar-refractivity contribution in [2.75, 3.05) is 39.4 Å². The van der Waals surface area contributed by atoms with Gasteiger partial charge in [-0.25, -0.2) is 9.79 Å². The Hall–Kier alpha value is -3.53. The van der Waals surface area contributed by atoms with E-state index in [1.807, 2.05) is 36.1 Å². The lowest BCUT2D eigenvalue weighted by Gasteiger charge is -2.37. The van der Waals surface area contributed by atoms with E-state index in [0.29, 0.717) is 12.2 Å². The van der Waals surface area contributed by atoms with Gasteiger partial charge >= 0.3 is 5.76 Å². The molecule has 0 aliphatic carbocycles. The average Bonchev–Trinajstić information content (AvgIpc) is 3.40. The van der Waals surface area contributed by atoms with Crippen LogP contribution in [0.25, 0.3) is 22.5 Å². The van der Waals surface area contributed by atoms with E-state index in [-0.39, 0.29) is 0 Å². The van der Waals surface area contributed by atoms with Crippen LogP contribution in [0.1, 0.15) is 38.7 Å². The highest BCUT2D eigenvalue weighted by atomic mass is 16.5. The van der Waals surface area contributed by atoms with Crippen molar-refractivity contribution in [2.24, 2.45) is 4.99 Å². The smallest absolute Gasteiger partial charge is 0.379 e. The summed E-state index contributed by atoms with van der Waals surface area (Å²) in [5.41, 5.74) is 5.84. The fraction of sp³-hybridized carbons (Fsp3) is 0.433. The van der Waals surface area contributed by atoms with Crippen molar-refractivity contribution in [3.63, 3.8) is 0 Å². The fourth-order valence-electron chi connectivity index (χ4n) is 5.27. The van der Waals surface area contributed by atoms with Crippen LogP contribution in [0, 0.1) is 0 Å². The van der Waals surface area contributed by atoms with Crippen LogP contribution in [0.3, 0.4) is 0 Å². The number of aromatic amines is 1. The molecule has 2 aliphatic rings. The molecule has 3 heterocycles. The van der Waals surface area contributed by atoms with Crippen molar-refractivity contribution in [1.29, 1.82) is 0 Å². The van der Waals surface area contributed by atoms with E-state index >= 15 is 0 Å². The van der Waals surface area contributed by atoms with Crippen LogP contribution in [-0.2, 0) is 11.2 Å². The van der Waals surface area contributed by atoms with Gasteiger partial charge in [0.2, 0.25) is 0 Å². The number of allylic oxidation sites excluding steroid dienone is 1. The number of aliphatic hydroxyl groups excluding tert-OH is 1. The number of H-pyrrole nitrogens is 1. The molecule has 2 aliphatic heterocycles. The molecular formula is C30H37N5O4. The predicted molar refractivity (Wildman–Crippen MR) is 151 cm³/mol. The molecule has 0 amide bonds. The van der Waals surface area contributed by atoms with Crippen LogP contribution >= 0.6 is 0 Å². The van der Waals surface area contributed by atoms with Crippen LogP contribution in [0.5, 0.6) is 0 Å². The summed E-state index contributed by atoms with van der Waals surface area (Å²) in [5.74, 6) is 0.704. The number of amidine groups is 1. The second kappa shape index (κ2) is 12.5. The Morgan fingerprint density at radius 2 is 1.79 bits per heavy atom. The molecule has 1 fully saturated rings. The summed E-state index contributed by atoms with van der Waals surface area (Å²) in [6, 6.07) is 16.1. The molecule has 1 unspecified atom stereocenters. The molecular weight excluding hydrogens is 494 g/mol. The van der Waals surface area contributed by atoms with Crippen molar-refractivity contribution >= 4 is 5.84 Å². The van der Waals surface area contributed by atoms with Gasteiger partial charge in [-0.2, -0.15) is 0 Å². The molecule has 206 valence electrons. The molecule has 1 aromatic heterocycles. The highest BCUT2D eigenvalue weighted by Gasteiger charge is 2.29. The molecule has 9 nitrogen and oxygen atoms in total. The Balaban J connectivity index is 1.36. The molecule has 2 N–H and O–H groups in total. The zero-order chi connectivity index (χ0) is 27.2. The Kier molecular flexibility index (Phi) is 8.71. The first-order valence-electron chi connectivity index (χ1n) is 13.8. The largest absolute Gasteiger partial charge is 0.439 e. The Bertz CT molecular complexity index is 1370. The van der Waals surface area contributed by atoms with Crippen LogP contribution < -0.4 is 5.76 Å². The molecule has 5 rings (SSSR count). The van der Waals surface area contributed by atoms with Gasteiger partial charge in [-0.1, -0.05) is 67.0 Å². The lowest BCUT2D eigenvalue weighted by Crippen LogP contribution is -2.48. The number of hydrogen-bond donors (Lipinski definition) is 2. The van der Waals surface area contributed by atoms with E-state index in [1.165, 1.54) is 0 Å². The minimum Gasteiger partial charge on any atom is -0.379 e. The zero-order valence-corrected chi connectivity index (χ0v) is 22.7. The lowest BCUT2D eigenvalue weighted by atomic mass is 9.94. The molecule has 3 aromatic rings. The van der Waals surface area contributed by atoms with E-state index in [2.05, 4.69) is 46.2 Å². The maximum absolute atomic E-state index is 11.6. The van der Waals surface area contributed by atoms with E-state index in [4.69, 9.17) is 14.3 Å². The number of aliphatic hydroxyl groups is 1. The molecule has 0 bridgehead atoms. The van der Waals surface area contributed by atoms with Crippen LogP contribution in [-0.4, -0.2) is 76.5 Å². The third-order valence-electron chi connectivity index (χ3n) is 7.50. The van der Waals surface area contributed by atoms with Gasteiger partial charge in [0.15, 0.2) is 12.1 Å². The monoisotopic (exact) mass is 531 g/mol. The number of unbranched alkanes of at least 4 members (excludes halogenated alkanes) is 1. The van der Waals surface area contributed by atoms with Crippen LogP contribution in [0.4, 0.5) is 0 Å². The second-order valence-corrected chi connectivity index (χ2v) is 10.1. The standard InChI is InChI=1S/C30H37N5O4/c1-3-4-9-27-26(29(36)35(21(2)31-27)15-14-34-16-18-38-19-17-34)20-22-10-12-23(13-11-22)24-7-5-6-8-25(24)28-32-30(37)39-33-28/h5-8,10-13,29,36H,3-4,9,14-20H2,1-2H3,(H,32,33,37). The fourth-order valence-corrected chi connectivity index (χ4v) is 5.27. The van der Waals surface area contributed by atoms with Crippen molar-refractivity contribution in [2.45, 2.75) is 45.8 Å². The van der Waals surface area contributed by atoms with Crippen molar-refractivity contribution in [3.8, 4) is 22.5 Å². The van der Waals surface area contributed by atoms with Crippen molar-refractivity contribution < 1.29 is 14.4 Å². The van der Waals surface area contributed by atoms with E-state index in [9.17, 15) is 9.90 Å². The molecule has 9 heteroatoms. The maximum atomic E-state index is 11.6. The summed E-state index contributed by atoms with van der Waals surface area (Å²) in [7, 11) is 0. The first-order valence-corrected chi connectivity index (χ1v) is 13.8. The minimum absolute atomic E-state index is 0.404. The minimum atomic E-state index is -0.695. The summed E-state index contributed by atoms with van der Waals surface area (Å²) in [6.07, 6.45) is 2.91. The number of morpholine rings is 1. The highest BCUT2D eigenvalue weighted by molar-refractivity contribution is 5.83. The van der Waals surface area contributed by atoms with Crippen LogP contribution in [0.15, 0.2) is 74.1 Å². The Morgan fingerprint density at radius 3 is 2.49 bits per heavy atom.